The molecule has 2 N–H and O–H groups in total. The Kier molecular flexibility index (Phi) is 5.69. The van der Waals surface area contributed by atoms with Crippen LogP contribution in [0.2, 0.25) is 0 Å². The molecule has 0 aromatic heterocycles. The van der Waals surface area contributed by atoms with Crippen LogP contribution in [0.3, 0.4) is 0 Å². The van der Waals surface area contributed by atoms with E-state index in [9.17, 15) is 14.7 Å². The fraction of sp³-hybridized carbons (Fsp3) is 0.758. The number of carbonyl (C=O) groups is 2. The van der Waals surface area contributed by atoms with E-state index in [0.29, 0.717) is 29.6 Å². The maximum absolute atomic E-state index is 14.5. The molecule has 5 aliphatic carbocycles. The van der Waals surface area contributed by atoms with Crippen molar-refractivity contribution in [2.24, 2.45) is 44.8 Å². The van der Waals surface area contributed by atoms with Gasteiger partial charge in [0.05, 0.1) is 6.10 Å². The van der Waals surface area contributed by atoms with Crippen LogP contribution in [0.15, 0.2) is 30.3 Å². The summed E-state index contributed by atoms with van der Waals surface area (Å²) >= 11 is 0. The van der Waals surface area contributed by atoms with Crippen LogP contribution < -0.4 is 5.32 Å². The molecule has 1 amide bonds. The topological polar surface area (TPSA) is 69.6 Å². The normalized spacial score (nSPS) is 47.4. The van der Waals surface area contributed by atoms with Crippen molar-refractivity contribution in [1.82, 2.24) is 10.2 Å². The second kappa shape index (κ2) is 8.16. The highest BCUT2D eigenvalue weighted by Crippen LogP contribution is 2.87. The number of Topliss-reactive ketones (excluding diaryl/α,β-unsaturated/α-hetero) is 1. The van der Waals surface area contributed by atoms with E-state index in [1.807, 2.05) is 30.3 Å². The van der Waals surface area contributed by atoms with E-state index in [1.165, 1.54) is 0 Å². The van der Waals surface area contributed by atoms with Gasteiger partial charge in [0.1, 0.15) is 5.78 Å². The fourth-order valence-electron chi connectivity index (χ4n) is 11.4. The van der Waals surface area contributed by atoms with Crippen LogP contribution in [0.1, 0.15) is 89.9 Å². The average molecular weight is 521 g/mol. The van der Waals surface area contributed by atoms with Crippen molar-refractivity contribution in [3.05, 3.63) is 35.9 Å². The first kappa shape index (κ1) is 26.5. The van der Waals surface area contributed by atoms with E-state index in [0.717, 1.165) is 38.5 Å². The predicted octanol–water partition coefficient (Wildman–Crippen LogP) is 5.32. The van der Waals surface area contributed by atoms with Gasteiger partial charge in [-0.25, -0.2) is 0 Å². The van der Waals surface area contributed by atoms with Gasteiger partial charge < -0.3 is 15.3 Å². The molecule has 2 spiro atoms. The molecule has 5 heteroatoms. The summed E-state index contributed by atoms with van der Waals surface area (Å²) in [4.78, 5) is 29.8. The summed E-state index contributed by atoms with van der Waals surface area (Å²) in [5.74, 6) is 1.38. The first-order valence-electron chi connectivity index (χ1n) is 15.0. The van der Waals surface area contributed by atoms with Gasteiger partial charge in [-0.05, 0) is 105 Å². The largest absolute Gasteiger partial charge is 0.393 e. The lowest BCUT2D eigenvalue weighted by atomic mass is 9.41. The standard InChI is InChI=1S/C33H48N2O3/c1-20(35(6)7)27-22(36)17-30(4)24-14-13-23-29(2,3)25(34-28(38)21-11-9-8-10-12-21)15-16-32(23)19-33(24,32)26(37)18-31(27,30)5/h8-12,20,22-25,27,36H,13-19H2,1-7H3,(H,34,38)/t20-,22-,23-,24-,25-,27-,30-,31+,32+,33-/m0/s1. The van der Waals surface area contributed by atoms with E-state index < -0.39 is 0 Å². The second-order valence-electron chi connectivity index (χ2n) is 15.2. The third kappa shape index (κ3) is 3.07. The quantitative estimate of drug-likeness (QED) is 0.564. The molecule has 0 unspecified atom stereocenters. The molecule has 5 aliphatic rings. The summed E-state index contributed by atoms with van der Waals surface area (Å²) in [6.45, 7) is 11.7. The zero-order chi connectivity index (χ0) is 27.5. The number of fused-ring (bicyclic) bond motifs is 2. The summed E-state index contributed by atoms with van der Waals surface area (Å²) in [6, 6.07) is 9.87. The summed E-state index contributed by atoms with van der Waals surface area (Å²) in [7, 11) is 4.20. The minimum atomic E-state index is -0.363. The highest BCUT2D eigenvalue weighted by Gasteiger charge is 2.86. The molecule has 0 saturated heterocycles. The molecule has 1 aromatic carbocycles. The number of nitrogens with one attached hydrogen (secondary N) is 1. The van der Waals surface area contributed by atoms with E-state index >= 15 is 0 Å². The second-order valence-corrected chi connectivity index (χ2v) is 15.2. The number of benzene rings is 1. The van der Waals surface area contributed by atoms with Gasteiger partial charge in [-0.15, -0.1) is 0 Å². The van der Waals surface area contributed by atoms with Crippen molar-refractivity contribution in [1.29, 1.82) is 0 Å². The Morgan fingerprint density at radius 2 is 1.68 bits per heavy atom. The van der Waals surface area contributed by atoms with Crippen LogP contribution >= 0.6 is 0 Å². The highest BCUT2D eigenvalue weighted by molar-refractivity contribution is 5.94. The van der Waals surface area contributed by atoms with Gasteiger partial charge in [-0.1, -0.05) is 45.9 Å². The molecule has 5 fully saturated rings. The molecule has 6 rings (SSSR count). The predicted molar refractivity (Wildman–Crippen MR) is 150 cm³/mol. The van der Waals surface area contributed by atoms with Gasteiger partial charge >= 0.3 is 0 Å². The van der Waals surface area contributed by atoms with Crippen molar-refractivity contribution in [3.8, 4) is 0 Å². The zero-order valence-corrected chi connectivity index (χ0v) is 24.5. The Labute approximate surface area is 229 Å². The molecule has 0 bridgehead atoms. The maximum atomic E-state index is 14.5. The minimum absolute atomic E-state index is 0.0110. The van der Waals surface area contributed by atoms with Gasteiger partial charge in [-0.3, -0.25) is 9.59 Å². The van der Waals surface area contributed by atoms with E-state index in [-0.39, 0.29) is 57.1 Å². The SMILES string of the molecule is C[C@@H]([C@H]1[C@@H](O)C[C@@]2(C)[C@@H]3CC[C@H]4C(C)(C)[C@@H](NC(=O)c5ccccc5)CC[C@@]45C[C@@]35C(=O)C[C@]12C)N(C)C. The van der Waals surface area contributed by atoms with Gasteiger partial charge in [0.15, 0.2) is 0 Å². The molecule has 5 nitrogen and oxygen atoms in total. The Hall–Kier alpha value is -1.72. The average Bonchev–Trinajstić information content (AvgIpc) is 3.50. The highest BCUT2D eigenvalue weighted by atomic mass is 16.3. The van der Waals surface area contributed by atoms with Gasteiger partial charge in [0, 0.05) is 35.4 Å². The molecule has 38 heavy (non-hydrogen) atoms. The summed E-state index contributed by atoms with van der Waals surface area (Å²) in [6.07, 6.45) is 6.19. The van der Waals surface area contributed by atoms with Crippen LogP contribution in [0.25, 0.3) is 0 Å². The molecule has 0 heterocycles. The summed E-state index contributed by atoms with van der Waals surface area (Å²) < 4.78 is 0. The Morgan fingerprint density at radius 3 is 2.34 bits per heavy atom. The van der Waals surface area contributed by atoms with Crippen LogP contribution in [-0.2, 0) is 4.79 Å². The molecular weight excluding hydrogens is 472 g/mol. The first-order valence-corrected chi connectivity index (χ1v) is 15.0. The number of hydrogen-bond acceptors (Lipinski definition) is 4. The number of amides is 1. The lowest BCUT2D eigenvalue weighted by Crippen LogP contribution is -2.62. The number of nitrogens with zero attached hydrogens (tertiary/aromatic N) is 1. The fourth-order valence-corrected chi connectivity index (χ4v) is 11.4. The van der Waals surface area contributed by atoms with Crippen LogP contribution in [0.4, 0.5) is 0 Å². The maximum Gasteiger partial charge on any atom is 0.251 e. The van der Waals surface area contributed by atoms with Crippen molar-refractivity contribution >= 4 is 11.7 Å². The van der Waals surface area contributed by atoms with E-state index in [4.69, 9.17) is 0 Å². The Morgan fingerprint density at radius 1 is 1.03 bits per heavy atom. The minimum Gasteiger partial charge on any atom is -0.393 e. The lowest BCUT2D eigenvalue weighted by Gasteiger charge is -2.62. The molecule has 5 saturated carbocycles. The van der Waals surface area contributed by atoms with Gasteiger partial charge in [-0.2, -0.15) is 0 Å². The molecule has 0 radical (unpaired) electrons. The Bertz CT molecular complexity index is 1150. The zero-order valence-electron chi connectivity index (χ0n) is 24.5. The first-order chi connectivity index (χ1) is 17.8. The third-order valence-corrected chi connectivity index (χ3v) is 13.6. The lowest BCUT2D eigenvalue weighted by molar-refractivity contribution is -0.169. The van der Waals surface area contributed by atoms with Crippen LogP contribution in [-0.4, -0.2) is 54.0 Å². The molecule has 1 aromatic rings. The van der Waals surface area contributed by atoms with Crippen molar-refractivity contribution < 1.29 is 14.7 Å². The van der Waals surface area contributed by atoms with E-state index in [2.05, 4.69) is 58.9 Å². The molecule has 10 atom stereocenters. The number of hydrogen-bond donors (Lipinski definition) is 2. The van der Waals surface area contributed by atoms with Crippen molar-refractivity contribution in [2.45, 2.75) is 97.8 Å². The monoisotopic (exact) mass is 520 g/mol. The molecular formula is C33H48N2O3. The van der Waals surface area contributed by atoms with Gasteiger partial charge in [0.2, 0.25) is 0 Å². The molecule has 208 valence electrons. The Balaban J connectivity index is 1.31. The van der Waals surface area contributed by atoms with Gasteiger partial charge in [0.25, 0.3) is 5.91 Å². The van der Waals surface area contributed by atoms with Crippen molar-refractivity contribution in [3.63, 3.8) is 0 Å². The van der Waals surface area contributed by atoms with Crippen LogP contribution in [0.5, 0.6) is 0 Å². The number of aliphatic hydroxyl groups is 1. The van der Waals surface area contributed by atoms with Crippen LogP contribution in [0, 0.1) is 44.8 Å². The molecule has 0 aliphatic heterocycles. The van der Waals surface area contributed by atoms with E-state index in [1.54, 1.807) is 0 Å². The summed E-state index contributed by atoms with van der Waals surface area (Å²) in [5, 5.41) is 14.9. The number of aliphatic hydroxyl groups excluding tert-OH is 1. The van der Waals surface area contributed by atoms with Crippen molar-refractivity contribution in [2.75, 3.05) is 14.1 Å². The third-order valence-electron chi connectivity index (χ3n) is 13.6. The smallest absolute Gasteiger partial charge is 0.251 e. The number of rotatable bonds is 4. The number of carbonyl (C=O) groups excluding carboxylic acids is 2. The summed E-state index contributed by atoms with van der Waals surface area (Å²) in [5.41, 5.74) is 0.251. The number of ketones is 1.